The van der Waals surface area contributed by atoms with Crippen molar-refractivity contribution >= 4 is 28.5 Å². The fourth-order valence-corrected chi connectivity index (χ4v) is 2.24. The lowest BCUT2D eigenvalue weighted by Gasteiger charge is -2.15. The van der Waals surface area contributed by atoms with Crippen molar-refractivity contribution < 1.29 is 14.7 Å². The van der Waals surface area contributed by atoms with Gasteiger partial charge in [0.25, 0.3) is 0 Å². The lowest BCUT2D eigenvalue weighted by molar-refractivity contribution is -0.118. The average Bonchev–Trinajstić information content (AvgIpc) is 2.45. The number of carbonyl (C=O) groups excluding carboxylic acids is 1. The average molecular weight is 286 g/mol. The van der Waals surface area contributed by atoms with Crippen molar-refractivity contribution in [1.82, 2.24) is 5.32 Å². The highest BCUT2D eigenvalue weighted by Gasteiger charge is 2.10. The van der Waals surface area contributed by atoms with E-state index in [-0.39, 0.29) is 5.91 Å². The highest BCUT2D eigenvalue weighted by molar-refractivity contribution is 5.93. The van der Waals surface area contributed by atoms with E-state index >= 15 is 0 Å². The second kappa shape index (κ2) is 6.26. The lowest BCUT2D eigenvalue weighted by Crippen LogP contribution is -2.23. The molecule has 21 heavy (non-hydrogen) atoms. The first kappa shape index (κ1) is 14.8. The monoisotopic (exact) mass is 286 g/mol. The maximum Gasteiger partial charge on any atom is 0.411 e. The van der Waals surface area contributed by atoms with Crippen molar-refractivity contribution in [3.05, 3.63) is 42.0 Å². The first-order chi connectivity index (χ1) is 9.99. The summed E-state index contributed by atoms with van der Waals surface area (Å²) < 4.78 is 0. The van der Waals surface area contributed by atoms with E-state index < -0.39 is 6.09 Å². The van der Waals surface area contributed by atoms with Gasteiger partial charge in [-0.25, -0.2) is 4.79 Å². The van der Waals surface area contributed by atoms with Crippen molar-refractivity contribution in [1.29, 1.82) is 0 Å². The molecule has 2 N–H and O–H groups in total. The summed E-state index contributed by atoms with van der Waals surface area (Å²) in [6, 6.07) is 11.5. The number of nitrogens with zero attached hydrogens (tertiary/aromatic N) is 1. The van der Waals surface area contributed by atoms with Crippen LogP contribution in [0.2, 0.25) is 0 Å². The Morgan fingerprint density at radius 3 is 2.67 bits per heavy atom. The summed E-state index contributed by atoms with van der Waals surface area (Å²) in [5.74, 6) is -0.0541. The first-order valence-corrected chi connectivity index (χ1v) is 6.72. The van der Waals surface area contributed by atoms with Gasteiger partial charge in [0.2, 0.25) is 5.91 Å². The highest BCUT2D eigenvalue weighted by atomic mass is 16.4. The van der Waals surface area contributed by atoms with Crippen molar-refractivity contribution in [2.24, 2.45) is 0 Å². The summed E-state index contributed by atoms with van der Waals surface area (Å²) in [5, 5.41) is 13.9. The van der Waals surface area contributed by atoms with Gasteiger partial charge in [-0.3, -0.25) is 9.69 Å². The van der Waals surface area contributed by atoms with Crippen LogP contribution in [0.5, 0.6) is 0 Å². The third-order valence-corrected chi connectivity index (χ3v) is 3.40. The van der Waals surface area contributed by atoms with E-state index in [4.69, 9.17) is 5.11 Å². The molecule has 110 valence electrons. The molecule has 5 nitrogen and oxygen atoms in total. The van der Waals surface area contributed by atoms with Gasteiger partial charge in [0.15, 0.2) is 0 Å². The smallest absolute Gasteiger partial charge is 0.411 e. The van der Waals surface area contributed by atoms with Gasteiger partial charge in [-0.05, 0) is 34.9 Å². The lowest BCUT2D eigenvalue weighted by atomic mass is 10.0. The Morgan fingerprint density at radius 2 is 2.00 bits per heavy atom. The maximum absolute atomic E-state index is 11.0. The molecule has 0 saturated heterocycles. The molecule has 0 spiro atoms. The van der Waals surface area contributed by atoms with Crippen molar-refractivity contribution in [2.45, 2.75) is 13.3 Å². The number of nitrogens with one attached hydrogen (secondary N) is 1. The Bertz CT molecular complexity index is 682. The number of anilines is 1. The molecule has 0 aliphatic rings. The number of amides is 2. The molecule has 0 bridgehead atoms. The Balaban J connectivity index is 2.34. The van der Waals surface area contributed by atoms with E-state index in [9.17, 15) is 9.59 Å². The Morgan fingerprint density at radius 1 is 1.24 bits per heavy atom. The fraction of sp³-hybridized carbons (Fsp3) is 0.250. The zero-order valence-electron chi connectivity index (χ0n) is 12.1. The van der Waals surface area contributed by atoms with E-state index in [0.717, 1.165) is 16.3 Å². The predicted molar refractivity (Wildman–Crippen MR) is 82.8 cm³/mol. The zero-order chi connectivity index (χ0) is 15.4. The number of carbonyl (C=O) groups is 2. The standard InChI is InChI=1S/C16H18N2O3/c1-11(19)17-9-8-13-5-3-4-12-6-7-14(10-15(12)13)18(2)16(20)21/h3-7,10H,8-9H2,1-2H3,(H,17,19)(H,20,21). The summed E-state index contributed by atoms with van der Waals surface area (Å²) in [7, 11) is 1.52. The minimum absolute atomic E-state index is 0.0541. The van der Waals surface area contributed by atoms with Crippen LogP contribution in [0, 0.1) is 0 Å². The van der Waals surface area contributed by atoms with Crippen LogP contribution < -0.4 is 10.2 Å². The molecule has 0 heterocycles. The highest BCUT2D eigenvalue weighted by Crippen LogP contribution is 2.25. The first-order valence-electron chi connectivity index (χ1n) is 6.72. The van der Waals surface area contributed by atoms with Crippen LogP contribution in [0.15, 0.2) is 36.4 Å². The van der Waals surface area contributed by atoms with Gasteiger partial charge in [-0.1, -0.05) is 24.3 Å². The van der Waals surface area contributed by atoms with E-state index in [1.807, 2.05) is 30.3 Å². The van der Waals surface area contributed by atoms with Crippen LogP contribution in [0.4, 0.5) is 10.5 Å². The molecule has 2 amide bonds. The molecule has 2 rings (SSSR count). The number of hydrogen-bond acceptors (Lipinski definition) is 2. The van der Waals surface area contributed by atoms with Gasteiger partial charge >= 0.3 is 6.09 Å². The molecule has 0 aromatic heterocycles. The maximum atomic E-state index is 11.0. The summed E-state index contributed by atoms with van der Waals surface area (Å²) in [6.45, 7) is 2.05. The minimum Gasteiger partial charge on any atom is -0.465 e. The van der Waals surface area contributed by atoms with Gasteiger partial charge in [0, 0.05) is 26.2 Å². The number of benzene rings is 2. The summed E-state index contributed by atoms with van der Waals surface area (Å²) in [5.41, 5.74) is 1.71. The van der Waals surface area contributed by atoms with Crippen LogP contribution in [-0.2, 0) is 11.2 Å². The predicted octanol–water partition coefficient (Wildman–Crippen LogP) is 2.63. The van der Waals surface area contributed by atoms with Gasteiger partial charge in [-0.2, -0.15) is 0 Å². The Hall–Kier alpha value is -2.56. The Kier molecular flexibility index (Phi) is 4.42. The van der Waals surface area contributed by atoms with Gasteiger partial charge in [0.05, 0.1) is 0 Å². The largest absolute Gasteiger partial charge is 0.465 e. The van der Waals surface area contributed by atoms with Gasteiger partial charge < -0.3 is 10.4 Å². The van der Waals surface area contributed by atoms with E-state index in [1.54, 1.807) is 6.07 Å². The van der Waals surface area contributed by atoms with Gasteiger partial charge in [-0.15, -0.1) is 0 Å². The summed E-state index contributed by atoms with van der Waals surface area (Å²) in [4.78, 5) is 23.2. The second-order valence-electron chi connectivity index (χ2n) is 4.90. The van der Waals surface area contributed by atoms with E-state index in [2.05, 4.69) is 5.32 Å². The minimum atomic E-state index is -0.995. The zero-order valence-corrected chi connectivity index (χ0v) is 12.1. The molecule has 0 atom stereocenters. The van der Waals surface area contributed by atoms with E-state index in [0.29, 0.717) is 18.7 Å². The van der Waals surface area contributed by atoms with Crippen LogP contribution in [0.3, 0.4) is 0 Å². The van der Waals surface area contributed by atoms with Crippen LogP contribution in [0.1, 0.15) is 12.5 Å². The molecule has 0 radical (unpaired) electrons. The molecule has 5 heteroatoms. The molecule has 2 aromatic carbocycles. The molecule has 0 unspecified atom stereocenters. The second-order valence-corrected chi connectivity index (χ2v) is 4.90. The fourth-order valence-electron chi connectivity index (χ4n) is 2.24. The molecule has 0 saturated carbocycles. The quantitative estimate of drug-likeness (QED) is 0.907. The molecule has 2 aromatic rings. The topological polar surface area (TPSA) is 69.6 Å². The van der Waals surface area contributed by atoms with Crippen LogP contribution >= 0.6 is 0 Å². The number of rotatable bonds is 4. The number of hydrogen-bond donors (Lipinski definition) is 2. The number of carboxylic acid groups (broad SMARTS) is 1. The molecular formula is C16H18N2O3. The SMILES string of the molecule is CC(=O)NCCc1cccc2ccc(N(C)C(=O)O)cc12. The summed E-state index contributed by atoms with van der Waals surface area (Å²) in [6.07, 6.45) is -0.290. The van der Waals surface area contributed by atoms with Crippen LogP contribution in [0.25, 0.3) is 10.8 Å². The molecular weight excluding hydrogens is 268 g/mol. The van der Waals surface area contributed by atoms with Crippen molar-refractivity contribution in [3.63, 3.8) is 0 Å². The van der Waals surface area contributed by atoms with Crippen LogP contribution in [-0.4, -0.2) is 30.7 Å². The van der Waals surface area contributed by atoms with E-state index in [1.165, 1.54) is 18.9 Å². The van der Waals surface area contributed by atoms with Crippen molar-refractivity contribution in [3.8, 4) is 0 Å². The third kappa shape index (κ3) is 3.51. The van der Waals surface area contributed by atoms with Gasteiger partial charge in [0.1, 0.15) is 0 Å². The molecule has 0 fully saturated rings. The third-order valence-electron chi connectivity index (χ3n) is 3.40. The summed E-state index contributed by atoms with van der Waals surface area (Å²) >= 11 is 0. The normalized spacial score (nSPS) is 10.4. The molecule has 0 aliphatic heterocycles. The number of fused-ring (bicyclic) bond motifs is 1. The van der Waals surface area contributed by atoms with Crippen molar-refractivity contribution in [2.75, 3.05) is 18.5 Å². The molecule has 0 aliphatic carbocycles. The Labute approximate surface area is 123 Å².